The Labute approximate surface area is 119 Å². The summed E-state index contributed by atoms with van der Waals surface area (Å²) in [5, 5.41) is 0. The summed E-state index contributed by atoms with van der Waals surface area (Å²) in [5.74, 6) is -0.0653. The van der Waals surface area contributed by atoms with Gasteiger partial charge in [-0.15, -0.1) is 0 Å². The van der Waals surface area contributed by atoms with Gasteiger partial charge in [0.1, 0.15) is 5.69 Å². The van der Waals surface area contributed by atoms with Gasteiger partial charge in [0.05, 0.1) is 0 Å². The average Bonchev–Trinajstić information content (AvgIpc) is 2.53. The molecule has 0 bridgehead atoms. The summed E-state index contributed by atoms with van der Waals surface area (Å²) >= 11 is 0. The predicted molar refractivity (Wildman–Crippen MR) is 79.2 cm³/mol. The van der Waals surface area contributed by atoms with Crippen LogP contribution >= 0.6 is 0 Å². The summed E-state index contributed by atoms with van der Waals surface area (Å²) < 4.78 is 0. The average molecular weight is 269 g/mol. The van der Waals surface area contributed by atoms with Crippen molar-refractivity contribution in [1.29, 1.82) is 0 Å². The van der Waals surface area contributed by atoms with E-state index in [9.17, 15) is 4.79 Å². The maximum atomic E-state index is 12.2. The molecule has 104 valence electrons. The minimum Gasteiger partial charge on any atom is -0.340 e. The smallest absolute Gasteiger partial charge is 0.272 e. The zero-order valence-electron chi connectivity index (χ0n) is 11.6. The van der Waals surface area contributed by atoms with E-state index in [1.165, 1.54) is 5.56 Å². The number of carbonyl (C=O) groups is 1. The quantitative estimate of drug-likeness (QED) is 0.901. The molecule has 2 aromatic rings. The van der Waals surface area contributed by atoms with Crippen LogP contribution in [0.15, 0.2) is 48.7 Å². The van der Waals surface area contributed by atoms with E-state index < -0.39 is 0 Å². The van der Waals surface area contributed by atoms with Crippen molar-refractivity contribution in [2.24, 2.45) is 5.73 Å². The van der Waals surface area contributed by atoms with E-state index in [2.05, 4.69) is 17.1 Å². The highest BCUT2D eigenvalue weighted by Gasteiger charge is 2.12. The van der Waals surface area contributed by atoms with Gasteiger partial charge in [0.15, 0.2) is 0 Å². The molecule has 0 spiro atoms. The van der Waals surface area contributed by atoms with Crippen molar-refractivity contribution in [3.05, 3.63) is 65.5 Å². The van der Waals surface area contributed by atoms with E-state index in [4.69, 9.17) is 5.73 Å². The highest BCUT2D eigenvalue weighted by molar-refractivity contribution is 5.92. The number of hydrogen-bond donors (Lipinski definition) is 1. The van der Waals surface area contributed by atoms with E-state index >= 15 is 0 Å². The molecule has 4 nitrogen and oxygen atoms in total. The highest BCUT2D eigenvalue weighted by atomic mass is 16.2. The molecule has 0 aliphatic carbocycles. The van der Waals surface area contributed by atoms with Gasteiger partial charge in [0, 0.05) is 26.3 Å². The fourth-order valence-corrected chi connectivity index (χ4v) is 1.91. The maximum Gasteiger partial charge on any atom is 0.272 e. The Hall–Kier alpha value is -2.20. The third-order valence-electron chi connectivity index (χ3n) is 3.20. The van der Waals surface area contributed by atoms with E-state index in [0.717, 1.165) is 12.0 Å². The third-order valence-corrected chi connectivity index (χ3v) is 3.20. The van der Waals surface area contributed by atoms with Crippen LogP contribution in [0.3, 0.4) is 0 Å². The second-order valence-corrected chi connectivity index (χ2v) is 4.72. The van der Waals surface area contributed by atoms with Gasteiger partial charge in [-0.05, 0) is 23.6 Å². The van der Waals surface area contributed by atoms with Crippen molar-refractivity contribution in [3.8, 4) is 0 Å². The summed E-state index contributed by atoms with van der Waals surface area (Å²) in [5.41, 5.74) is 8.11. The Bertz CT molecular complexity index is 552. The van der Waals surface area contributed by atoms with E-state index in [0.29, 0.717) is 18.8 Å². The number of rotatable bonds is 5. The van der Waals surface area contributed by atoms with Gasteiger partial charge in [0.25, 0.3) is 5.91 Å². The van der Waals surface area contributed by atoms with Crippen LogP contribution in [-0.4, -0.2) is 29.4 Å². The minimum absolute atomic E-state index is 0.0653. The maximum absolute atomic E-state index is 12.2. The first-order chi connectivity index (χ1) is 9.70. The molecule has 0 fully saturated rings. The van der Waals surface area contributed by atoms with Crippen molar-refractivity contribution in [1.82, 2.24) is 9.88 Å². The van der Waals surface area contributed by atoms with Crippen LogP contribution in [0.1, 0.15) is 21.6 Å². The van der Waals surface area contributed by atoms with Crippen molar-refractivity contribution < 1.29 is 4.79 Å². The first-order valence-electron chi connectivity index (χ1n) is 6.65. The van der Waals surface area contributed by atoms with Crippen LogP contribution < -0.4 is 5.73 Å². The molecule has 1 aromatic carbocycles. The summed E-state index contributed by atoms with van der Waals surface area (Å²) in [6.07, 6.45) is 2.49. The molecule has 0 saturated heterocycles. The number of likely N-dealkylation sites (N-methyl/N-ethyl adjacent to an activating group) is 1. The van der Waals surface area contributed by atoms with E-state index in [1.54, 1.807) is 24.2 Å². The zero-order valence-corrected chi connectivity index (χ0v) is 11.6. The number of pyridine rings is 1. The molecule has 4 heteroatoms. The fourth-order valence-electron chi connectivity index (χ4n) is 1.91. The summed E-state index contributed by atoms with van der Waals surface area (Å²) in [6.45, 7) is 1.11. The van der Waals surface area contributed by atoms with Gasteiger partial charge in [-0.25, -0.2) is 0 Å². The molecule has 0 saturated carbocycles. The van der Waals surface area contributed by atoms with Crippen LogP contribution in [-0.2, 0) is 13.0 Å². The Morgan fingerprint density at radius 1 is 1.15 bits per heavy atom. The molecule has 2 rings (SSSR count). The van der Waals surface area contributed by atoms with Crippen LogP contribution in [0.5, 0.6) is 0 Å². The van der Waals surface area contributed by atoms with Crippen LogP contribution in [0.2, 0.25) is 0 Å². The largest absolute Gasteiger partial charge is 0.340 e. The minimum atomic E-state index is -0.0653. The van der Waals surface area contributed by atoms with E-state index in [1.807, 2.05) is 24.3 Å². The second kappa shape index (κ2) is 6.82. The van der Waals surface area contributed by atoms with Crippen LogP contribution in [0.25, 0.3) is 0 Å². The number of carbonyl (C=O) groups excluding carboxylic acids is 1. The van der Waals surface area contributed by atoms with Crippen LogP contribution in [0, 0.1) is 0 Å². The standard InChI is InChI=1S/C16H19N3O/c1-19(10-9-13-5-3-2-4-6-13)16(20)15-8-7-14(11-17)12-18-15/h2-8,12H,9-11,17H2,1H3. The van der Waals surface area contributed by atoms with Gasteiger partial charge >= 0.3 is 0 Å². The predicted octanol–water partition coefficient (Wildman–Crippen LogP) is 1.85. The summed E-state index contributed by atoms with van der Waals surface area (Å²) in [4.78, 5) is 18.0. The molecular formula is C16H19N3O. The molecule has 1 amide bonds. The fraction of sp³-hybridized carbons (Fsp3) is 0.250. The van der Waals surface area contributed by atoms with Crippen molar-refractivity contribution in [2.75, 3.05) is 13.6 Å². The normalized spacial score (nSPS) is 10.3. The number of nitrogens with zero attached hydrogens (tertiary/aromatic N) is 2. The van der Waals surface area contributed by atoms with Crippen molar-refractivity contribution in [2.45, 2.75) is 13.0 Å². The topological polar surface area (TPSA) is 59.2 Å². The molecule has 0 radical (unpaired) electrons. The molecule has 2 N–H and O–H groups in total. The zero-order chi connectivity index (χ0) is 14.4. The van der Waals surface area contributed by atoms with E-state index in [-0.39, 0.29) is 5.91 Å². The Morgan fingerprint density at radius 2 is 1.90 bits per heavy atom. The first-order valence-corrected chi connectivity index (χ1v) is 6.65. The Balaban J connectivity index is 1.94. The lowest BCUT2D eigenvalue weighted by atomic mass is 10.1. The number of hydrogen-bond acceptors (Lipinski definition) is 3. The first kappa shape index (κ1) is 14.2. The highest BCUT2D eigenvalue weighted by Crippen LogP contribution is 2.05. The number of nitrogens with two attached hydrogens (primary N) is 1. The SMILES string of the molecule is CN(CCc1ccccc1)C(=O)c1ccc(CN)cn1. The van der Waals surface area contributed by atoms with Gasteiger partial charge in [-0.3, -0.25) is 9.78 Å². The Kier molecular flexibility index (Phi) is 4.85. The molecule has 0 aliphatic heterocycles. The summed E-state index contributed by atoms with van der Waals surface area (Å²) in [6, 6.07) is 13.7. The Morgan fingerprint density at radius 3 is 2.50 bits per heavy atom. The lowest BCUT2D eigenvalue weighted by Crippen LogP contribution is -2.29. The van der Waals surface area contributed by atoms with Gasteiger partial charge < -0.3 is 10.6 Å². The van der Waals surface area contributed by atoms with Gasteiger partial charge in [0.2, 0.25) is 0 Å². The van der Waals surface area contributed by atoms with Gasteiger partial charge in [-0.1, -0.05) is 36.4 Å². The lowest BCUT2D eigenvalue weighted by Gasteiger charge is -2.16. The molecular weight excluding hydrogens is 250 g/mol. The molecule has 0 unspecified atom stereocenters. The molecule has 1 aromatic heterocycles. The van der Waals surface area contributed by atoms with Crippen molar-refractivity contribution in [3.63, 3.8) is 0 Å². The molecule has 20 heavy (non-hydrogen) atoms. The summed E-state index contributed by atoms with van der Waals surface area (Å²) in [7, 11) is 1.80. The lowest BCUT2D eigenvalue weighted by molar-refractivity contribution is 0.0791. The van der Waals surface area contributed by atoms with Crippen LogP contribution in [0.4, 0.5) is 0 Å². The van der Waals surface area contributed by atoms with Gasteiger partial charge in [-0.2, -0.15) is 0 Å². The molecule has 0 atom stereocenters. The third kappa shape index (κ3) is 3.65. The molecule has 1 heterocycles. The number of amides is 1. The monoisotopic (exact) mass is 269 g/mol. The number of benzene rings is 1. The van der Waals surface area contributed by atoms with Crippen molar-refractivity contribution >= 4 is 5.91 Å². The number of aromatic nitrogens is 1. The molecule has 0 aliphatic rings. The second-order valence-electron chi connectivity index (χ2n) is 4.72.